The predicted octanol–water partition coefficient (Wildman–Crippen LogP) is 1.17. The summed E-state index contributed by atoms with van der Waals surface area (Å²) in [5, 5.41) is 0. The third-order valence-electron chi connectivity index (χ3n) is 2.16. The third kappa shape index (κ3) is 2.42. The van der Waals surface area contributed by atoms with Gasteiger partial charge in [-0.3, -0.25) is 4.79 Å². The second-order valence-corrected chi connectivity index (χ2v) is 3.40. The van der Waals surface area contributed by atoms with Crippen LogP contribution < -0.4 is 5.73 Å². The molecule has 0 radical (unpaired) electrons. The second kappa shape index (κ2) is 4.53. The van der Waals surface area contributed by atoms with Crippen LogP contribution in [0.2, 0.25) is 0 Å². The Hall–Kier alpha value is -2.23. The molecule has 80 valence electrons. The Labute approximate surface area is 93.2 Å². The van der Waals surface area contributed by atoms with Crippen molar-refractivity contribution in [3.8, 4) is 0 Å². The van der Waals surface area contributed by atoms with Crippen molar-refractivity contribution in [2.24, 2.45) is 5.73 Å². The summed E-state index contributed by atoms with van der Waals surface area (Å²) in [5.41, 5.74) is 7.03. The van der Waals surface area contributed by atoms with Crippen molar-refractivity contribution >= 4 is 5.91 Å². The lowest BCUT2D eigenvalue weighted by Gasteiger charge is -2.01. The summed E-state index contributed by atoms with van der Waals surface area (Å²) in [6.07, 6.45) is 2.22. The van der Waals surface area contributed by atoms with Gasteiger partial charge in [-0.15, -0.1) is 0 Å². The van der Waals surface area contributed by atoms with Crippen LogP contribution in [0.15, 0.2) is 42.6 Å². The van der Waals surface area contributed by atoms with Gasteiger partial charge < -0.3 is 5.73 Å². The lowest BCUT2D eigenvalue weighted by molar-refractivity contribution is 0.0990. The maximum atomic E-state index is 10.9. The molecule has 2 rings (SSSR count). The highest BCUT2D eigenvalue weighted by molar-refractivity contribution is 5.88. The van der Waals surface area contributed by atoms with E-state index in [9.17, 15) is 4.79 Å². The molecule has 1 aromatic heterocycles. The fourth-order valence-corrected chi connectivity index (χ4v) is 1.42. The van der Waals surface area contributed by atoms with Gasteiger partial charge in [-0.25, -0.2) is 9.97 Å². The lowest BCUT2D eigenvalue weighted by Crippen LogP contribution is -2.16. The molecular formula is C12H11N3O. The zero-order valence-corrected chi connectivity index (χ0v) is 8.63. The molecule has 4 heteroatoms. The molecule has 4 nitrogen and oxygen atoms in total. The smallest absolute Gasteiger partial charge is 0.286 e. The maximum Gasteiger partial charge on any atom is 0.286 e. The Morgan fingerprint density at radius 1 is 1.19 bits per heavy atom. The zero-order chi connectivity index (χ0) is 11.4. The number of aromatic nitrogens is 2. The number of hydrogen-bond donors (Lipinski definition) is 1. The molecule has 2 aromatic rings. The zero-order valence-electron chi connectivity index (χ0n) is 8.63. The molecule has 0 spiro atoms. The molecule has 0 atom stereocenters. The van der Waals surface area contributed by atoms with E-state index in [1.807, 2.05) is 30.3 Å². The standard InChI is InChI=1S/C12H11N3O/c13-11(16)12-14-7-6-10(15-12)8-9-4-2-1-3-5-9/h1-7H,8H2,(H2,13,16). The van der Waals surface area contributed by atoms with E-state index in [1.54, 1.807) is 12.3 Å². The molecule has 0 fully saturated rings. The first kappa shape index (κ1) is 10.3. The summed E-state index contributed by atoms with van der Waals surface area (Å²) < 4.78 is 0. The van der Waals surface area contributed by atoms with E-state index in [1.165, 1.54) is 0 Å². The Kier molecular flexibility index (Phi) is 2.91. The van der Waals surface area contributed by atoms with Crippen LogP contribution in [-0.4, -0.2) is 15.9 Å². The van der Waals surface area contributed by atoms with Gasteiger partial charge in [-0.1, -0.05) is 30.3 Å². The topological polar surface area (TPSA) is 68.9 Å². The number of amides is 1. The highest BCUT2D eigenvalue weighted by atomic mass is 16.1. The predicted molar refractivity (Wildman–Crippen MR) is 59.8 cm³/mol. The molecule has 0 aliphatic rings. The van der Waals surface area contributed by atoms with Crippen molar-refractivity contribution < 1.29 is 4.79 Å². The Bertz CT molecular complexity index is 497. The molecule has 1 heterocycles. The SMILES string of the molecule is NC(=O)c1nccc(Cc2ccccc2)n1. The summed E-state index contributed by atoms with van der Waals surface area (Å²) in [6, 6.07) is 11.7. The van der Waals surface area contributed by atoms with Crippen LogP contribution in [0, 0.1) is 0 Å². The van der Waals surface area contributed by atoms with Crippen LogP contribution in [-0.2, 0) is 6.42 Å². The Morgan fingerprint density at radius 3 is 2.62 bits per heavy atom. The maximum absolute atomic E-state index is 10.9. The Morgan fingerprint density at radius 2 is 1.94 bits per heavy atom. The number of benzene rings is 1. The van der Waals surface area contributed by atoms with Crippen LogP contribution in [0.1, 0.15) is 21.9 Å². The van der Waals surface area contributed by atoms with E-state index in [0.717, 1.165) is 11.3 Å². The first-order chi connectivity index (χ1) is 7.75. The average Bonchev–Trinajstić information content (AvgIpc) is 2.30. The van der Waals surface area contributed by atoms with Gasteiger partial charge in [-0.2, -0.15) is 0 Å². The molecule has 1 aromatic carbocycles. The van der Waals surface area contributed by atoms with Crippen LogP contribution in [0.4, 0.5) is 0 Å². The van der Waals surface area contributed by atoms with Gasteiger partial charge in [0, 0.05) is 18.3 Å². The van der Waals surface area contributed by atoms with Crippen LogP contribution >= 0.6 is 0 Å². The largest absolute Gasteiger partial charge is 0.363 e. The summed E-state index contributed by atoms with van der Waals surface area (Å²) >= 11 is 0. The molecule has 0 saturated carbocycles. The van der Waals surface area contributed by atoms with Gasteiger partial charge in [0.1, 0.15) is 0 Å². The van der Waals surface area contributed by atoms with E-state index >= 15 is 0 Å². The minimum atomic E-state index is -0.602. The molecule has 2 N–H and O–H groups in total. The number of nitrogens with two attached hydrogens (primary N) is 1. The second-order valence-electron chi connectivity index (χ2n) is 3.40. The number of carbonyl (C=O) groups excluding carboxylic acids is 1. The summed E-state index contributed by atoms with van der Waals surface area (Å²) in [7, 11) is 0. The van der Waals surface area contributed by atoms with Crippen molar-refractivity contribution in [1.82, 2.24) is 9.97 Å². The first-order valence-electron chi connectivity index (χ1n) is 4.91. The van der Waals surface area contributed by atoms with Gasteiger partial charge in [0.05, 0.1) is 0 Å². The molecule has 0 aliphatic carbocycles. The van der Waals surface area contributed by atoms with Crippen LogP contribution in [0.25, 0.3) is 0 Å². The number of hydrogen-bond acceptors (Lipinski definition) is 3. The van der Waals surface area contributed by atoms with E-state index in [-0.39, 0.29) is 5.82 Å². The normalized spacial score (nSPS) is 10.0. The minimum absolute atomic E-state index is 0.0634. The Balaban J connectivity index is 2.22. The van der Waals surface area contributed by atoms with Crippen LogP contribution in [0.5, 0.6) is 0 Å². The fraction of sp³-hybridized carbons (Fsp3) is 0.0833. The number of nitrogens with zero attached hydrogens (tertiary/aromatic N) is 2. The summed E-state index contributed by atoms with van der Waals surface area (Å²) in [6.45, 7) is 0. The summed E-state index contributed by atoms with van der Waals surface area (Å²) in [4.78, 5) is 18.8. The van der Waals surface area contributed by atoms with E-state index in [4.69, 9.17) is 5.73 Å². The first-order valence-corrected chi connectivity index (χ1v) is 4.91. The quantitative estimate of drug-likeness (QED) is 0.832. The molecule has 0 saturated heterocycles. The molecule has 0 bridgehead atoms. The van der Waals surface area contributed by atoms with Crippen molar-refractivity contribution in [1.29, 1.82) is 0 Å². The number of rotatable bonds is 3. The summed E-state index contributed by atoms with van der Waals surface area (Å²) in [5.74, 6) is -0.539. The minimum Gasteiger partial charge on any atom is -0.363 e. The molecule has 16 heavy (non-hydrogen) atoms. The van der Waals surface area contributed by atoms with Crippen molar-refractivity contribution in [2.45, 2.75) is 6.42 Å². The van der Waals surface area contributed by atoms with E-state index in [0.29, 0.717) is 6.42 Å². The number of primary amides is 1. The third-order valence-corrected chi connectivity index (χ3v) is 2.16. The van der Waals surface area contributed by atoms with E-state index < -0.39 is 5.91 Å². The monoisotopic (exact) mass is 213 g/mol. The number of carbonyl (C=O) groups is 1. The average molecular weight is 213 g/mol. The van der Waals surface area contributed by atoms with Gasteiger partial charge >= 0.3 is 0 Å². The van der Waals surface area contributed by atoms with E-state index in [2.05, 4.69) is 9.97 Å². The highest BCUT2D eigenvalue weighted by Crippen LogP contribution is 2.06. The van der Waals surface area contributed by atoms with Crippen molar-refractivity contribution in [3.05, 3.63) is 59.7 Å². The fourth-order valence-electron chi connectivity index (χ4n) is 1.42. The van der Waals surface area contributed by atoms with Crippen molar-refractivity contribution in [3.63, 3.8) is 0 Å². The molecular weight excluding hydrogens is 202 g/mol. The van der Waals surface area contributed by atoms with Gasteiger partial charge in [0.2, 0.25) is 5.82 Å². The molecule has 0 aliphatic heterocycles. The molecule has 1 amide bonds. The van der Waals surface area contributed by atoms with Crippen molar-refractivity contribution in [2.75, 3.05) is 0 Å². The van der Waals surface area contributed by atoms with Gasteiger partial charge in [0.25, 0.3) is 5.91 Å². The van der Waals surface area contributed by atoms with Gasteiger partial charge in [0.15, 0.2) is 0 Å². The lowest BCUT2D eigenvalue weighted by atomic mass is 10.1. The van der Waals surface area contributed by atoms with Gasteiger partial charge in [-0.05, 0) is 11.6 Å². The molecule has 0 unspecified atom stereocenters. The highest BCUT2D eigenvalue weighted by Gasteiger charge is 2.05. The van der Waals surface area contributed by atoms with Crippen LogP contribution in [0.3, 0.4) is 0 Å².